The topological polar surface area (TPSA) is 74.6 Å². The SMILES string of the molecule is CSc1ccc(-c2sc(-c3ccc(-c4cc(CC(=O)O)c(-c5ccc(SC)cc5)s4)s3)cc2CC(=O)O)cc1. The summed E-state index contributed by atoms with van der Waals surface area (Å²) in [4.78, 5) is 31.7. The van der Waals surface area contributed by atoms with Crippen LogP contribution in [0.15, 0.2) is 82.6 Å². The number of carbonyl (C=O) groups is 2. The molecule has 0 bridgehead atoms. The molecule has 0 saturated heterocycles. The molecule has 0 aliphatic rings. The Labute approximate surface area is 247 Å². The molecule has 3 aromatic heterocycles. The number of aliphatic carboxylic acids is 2. The number of benzene rings is 2. The van der Waals surface area contributed by atoms with Gasteiger partial charge in [0.25, 0.3) is 0 Å². The van der Waals surface area contributed by atoms with Gasteiger partial charge in [0.2, 0.25) is 0 Å². The molecule has 5 rings (SSSR count). The Hall–Kier alpha value is -2.82. The van der Waals surface area contributed by atoms with Crippen molar-refractivity contribution < 1.29 is 19.8 Å². The number of thioether (sulfide) groups is 2. The first-order valence-corrected chi connectivity index (χ1v) is 16.8. The lowest BCUT2D eigenvalue weighted by Crippen LogP contribution is -1.99. The minimum absolute atomic E-state index is 0.0312. The molecular formula is C30H24O4S5. The molecule has 0 fully saturated rings. The zero-order valence-electron chi connectivity index (χ0n) is 21.1. The van der Waals surface area contributed by atoms with Crippen molar-refractivity contribution in [3.8, 4) is 40.4 Å². The third-order valence-corrected chi connectivity index (χ3v) is 11.5. The second-order valence-electron chi connectivity index (χ2n) is 8.69. The van der Waals surface area contributed by atoms with Gasteiger partial charge in [-0.05, 0) is 83.3 Å². The molecule has 198 valence electrons. The maximum absolute atomic E-state index is 11.6. The van der Waals surface area contributed by atoms with Gasteiger partial charge in [0.1, 0.15) is 0 Å². The van der Waals surface area contributed by atoms with Crippen molar-refractivity contribution in [3.63, 3.8) is 0 Å². The van der Waals surface area contributed by atoms with Gasteiger partial charge in [-0.1, -0.05) is 24.3 Å². The Morgan fingerprint density at radius 1 is 0.590 bits per heavy atom. The van der Waals surface area contributed by atoms with Crippen LogP contribution in [-0.4, -0.2) is 34.7 Å². The first kappa shape index (κ1) is 27.7. The van der Waals surface area contributed by atoms with Crippen molar-refractivity contribution in [3.05, 3.63) is 83.9 Å². The van der Waals surface area contributed by atoms with Crippen LogP contribution < -0.4 is 0 Å². The average molecular weight is 609 g/mol. The summed E-state index contributed by atoms with van der Waals surface area (Å²) in [6, 6.07) is 24.6. The van der Waals surface area contributed by atoms with Crippen molar-refractivity contribution in [2.24, 2.45) is 0 Å². The van der Waals surface area contributed by atoms with E-state index < -0.39 is 11.9 Å². The molecule has 0 aliphatic heterocycles. The van der Waals surface area contributed by atoms with E-state index in [1.807, 2.05) is 24.6 Å². The number of rotatable bonds is 10. The predicted molar refractivity (Wildman–Crippen MR) is 168 cm³/mol. The molecule has 0 amide bonds. The van der Waals surface area contributed by atoms with Gasteiger partial charge in [0, 0.05) is 39.1 Å². The van der Waals surface area contributed by atoms with Gasteiger partial charge in [0.15, 0.2) is 0 Å². The molecule has 2 N–H and O–H groups in total. The number of hydrogen-bond donors (Lipinski definition) is 2. The number of carboxylic acid groups (broad SMARTS) is 2. The quantitative estimate of drug-likeness (QED) is 0.154. The number of thiophene rings is 3. The van der Waals surface area contributed by atoms with Gasteiger partial charge in [-0.2, -0.15) is 0 Å². The Bertz CT molecular complexity index is 1500. The van der Waals surface area contributed by atoms with E-state index in [2.05, 4.69) is 60.7 Å². The van der Waals surface area contributed by atoms with Crippen LogP contribution in [0, 0.1) is 0 Å². The third kappa shape index (κ3) is 6.34. The van der Waals surface area contributed by atoms with Crippen molar-refractivity contribution in [2.45, 2.75) is 22.6 Å². The number of hydrogen-bond acceptors (Lipinski definition) is 7. The Morgan fingerprint density at radius 2 is 0.974 bits per heavy atom. The highest BCUT2D eigenvalue weighted by Gasteiger charge is 2.19. The molecule has 0 atom stereocenters. The second kappa shape index (κ2) is 12.1. The zero-order chi connectivity index (χ0) is 27.5. The van der Waals surface area contributed by atoms with E-state index in [0.717, 1.165) is 61.3 Å². The van der Waals surface area contributed by atoms with Crippen LogP contribution >= 0.6 is 57.5 Å². The molecular weight excluding hydrogens is 585 g/mol. The van der Waals surface area contributed by atoms with E-state index >= 15 is 0 Å². The van der Waals surface area contributed by atoms with E-state index in [1.54, 1.807) is 57.5 Å². The van der Waals surface area contributed by atoms with Gasteiger partial charge < -0.3 is 10.2 Å². The molecule has 39 heavy (non-hydrogen) atoms. The van der Waals surface area contributed by atoms with Crippen LogP contribution in [0.3, 0.4) is 0 Å². The van der Waals surface area contributed by atoms with Crippen molar-refractivity contribution >= 4 is 69.5 Å². The highest BCUT2D eigenvalue weighted by atomic mass is 32.2. The maximum atomic E-state index is 11.6. The normalized spacial score (nSPS) is 11.1. The lowest BCUT2D eigenvalue weighted by Gasteiger charge is -2.03. The van der Waals surface area contributed by atoms with Crippen LogP contribution in [0.25, 0.3) is 40.4 Å². The van der Waals surface area contributed by atoms with Crippen LogP contribution in [0.5, 0.6) is 0 Å². The molecule has 3 heterocycles. The van der Waals surface area contributed by atoms with Gasteiger partial charge in [0.05, 0.1) is 12.8 Å². The summed E-state index contributed by atoms with van der Waals surface area (Å²) in [5.41, 5.74) is 3.66. The summed E-state index contributed by atoms with van der Waals surface area (Å²) in [5.74, 6) is -1.70. The molecule has 0 aliphatic carbocycles. The summed E-state index contributed by atoms with van der Waals surface area (Å²) in [6.45, 7) is 0. The zero-order valence-corrected chi connectivity index (χ0v) is 25.2. The van der Waals surface area contributed by atoms with Crippen molar-refractivity contribution in [1.29, 1.82) is 0 Å². The smallest absolute Gasteiger partial charge is 0.307 e. The molecule has 5 aromatic rings. The van der Waals surface area contributed by atoms with Crippen LogP contribution in [0.1, 0.15) is 11.1 Å². The van der Waals surface area contributed by atoms with Crippen molar-refractivity contribution in [2.75, 3.05) is 12.5 Å². The second-order valence-corrected chi connectivity index (χ2v) is 13.6. The summed E-state index contributed by atoms with van der Waals surface area (Å²) >= 11 is 8.21. The first-order chi connectivity index (χ1) is 18.8. The molecule has 4 nitrogen and oxygen atoms in total. The Morgan fingerprint density at radius 3 is 1.31 bits per heavy atom. The molecule has 0 saturated carbocycles. The summed E-state index contributed by atoms with van der Waals surface area (Å²) in [5, 5.41) is 19.1. The van der Waals surface area contributed by atoms with Gasteiger partial charge in [-0.3, -0.25) is 9.59 Å². The molecule has 2 aromatic carbocycles. The first-order valence-electron chi connectivity index (χ1n) is 11.9. The lowest BCUT2D eigenvalue weighted by molar-refractivity contribution is -0.137. The van der Waals surface area contributed by atoms with E-state index in [-0.39, 0.29) is 12.8 Å². The highest BCUT2D eigenvalue weighted by Crippen LogP contribution is 2.46. The minimum Gasteiger partial charge on any atom is -0.481 e. The van der Waals surface area contributed by atoms with E-state index in [9.17, 15) is 19.8 Å². The molecule has 0 radical (unpaired) electrons. The van der Waals surface area contributed by atoms with Crippen LogP contribution in [0.4, 0.5) is 0 Å². The molecule has 9 heteroatoms. The fourth-order valence-corrected chi connectivity index (χ4v) is 8.62. The monoisotopic (exact) mass is 608 g/mol. The van der Waals surface area contributed by atoms with Crippen LogP contribution in [0.2, 0.25) is 0 Å². The van der Waals surface area contributed by atoms with E-state index in [4.69, 9.17) is 0 Å². The summed E-state index contributed by atoms with van der Waals surface area (Å²) < 4.78 is 0. The van der Waals surface area contributed by atoms with Gasteiger partial charge in [-0.15, -0.1) is 57.5 Å². The fraction of sp³-hybridized carbons (Fsp3) is 0.133. The highest BCUT2D eigenvalue weighted by molar-refractivity contribution is 7.98. The largest absolute Gasteiger partial charge is 0.481 e. The Balaban J connectivity index is 1.50. The Kier molecular flexibility index (Phi) is 8.64. The molecule has 0 unspecified atom stereocenters. The van der Waals surface area contributed by atoms with Gasteiger partial charge in [-0.25, -0.2) is 0 Å². The predicted octanol–water partition coefficient (Wildman–Crippen LogP) is 9.24. The lowest BCUT2D eigenvalue weighted by atomic mass is 10.1. The van der Waals surface area contributed by atoms with Crippen molar-refractivity contribution in [1.82, 2.24) is 0 Å². The van der Waals surface area contributed by atoms with Gasteiger partial charge >= 0.3 is 11.9 Å². The standard InChI is InChI=1S/C30H24O4S5/c1-35-21-7-3-17(4-8-21)29-19(15-27(31)32)13-25(38-29)23-11-12-24(37-23)26-14-20(16-28(33)34)30(39-26)18-5-9-22(36-2)10-6-18/h3-14H,15-16H2,1-2H3,(H,31,32)(H,33,34). The van der Waals surface area contributed by atoms with E-state index in [0.29, 0.717) is 0 Å². The third-order valence-electron chi connectivity index (χ3n) is 6.10. The van der Waals surface area contributed by atoms with E-state index in [1.165, 1.54) is 0 Å². The number of carboxylic acids is 2. The fourth-order valence-electron chi connectivity index (χ4n) is 4.26. The minimum atomic E-state index is -0.851. The van der Waals surface area contributed by atoms with Crippen LogP contribution in [-0.2, 0) is 22.4 Å². The maximum Gasteiger partial charge on any atom is 0.307 e. The average Bonchev–Trinajstić information content (AvgIpc) is 3.67. The summed E-state index contributed by atoms with van der Waals surface area (Å²) in [7, 11) is 0. The molecule has 0 spiro atoms. The summed E-state index contributed by atoms with van der Waals surface area (Å²) in [6.07, 6.45) is 4.00.